The zero-order chi connectivity index (χ0) is 11.6. The molecule has 0 aromatic heterocycles. The minimum absolute atomic E-state index is 0.148. The summed E-state index contributed by atoms with van der Waals surface area (Å²) in [5.41, 5.74) is -1.67. The number of phenolic OH excluding ortho intramolecular Hbond substituents is 1. The first kappa shape index (κ1) is 10.6. The van der Waals surface area contributed by atoms with Crippen LogP contribution in [0.5, 0.6) is 5.75 Å². The maximum Gasteiger partial charge on any atom is 0.335 e. The molecule has 0 unspecified atom stereocenters. The van der Waals surface area contributed by atoms with E-state index in [0.717, 1.165) is 6.07 Å². The molecule has 0 spiro atoms. The van der Waals surface area contributed by atoms with Crippen LogP contribution in [0.4, 0.5) is 5.69 Å². The number of aromatic carboxylic acids is 1. The fourth-order valence-corrected chi connectivity index (χ4v) is 0.994. The van der Waals surface area contributed by atoms with Crippen molar-refractivity contribution < 1.29 is 24.7 Å². The molecule has 0 amide bonds. The summed E-state index contributed by atoms with van der Waals surface area (Å²) in [4.78, 5) is 30.4. The summed E-state index contributed by atoms with van der Waals surface area (Å²) in [5.74, 6) is -2.25. The van der Waals surface area contributed by atoms with Gasteiger partial charge < -0.3 is 10.2 Å². The fourth-order valence-electron chi connectivity index (χ4n) is 0.994. The fraction of sp³-hybridized carbons (Fsp3) is 0. The highest BCUT2D eigenvalue weighted by atomic mass is 16.6. The Balaban J connectivity index is 3.51. The van der Waals surface area contributed by atoms with E-state index in [0.29, 0.717) is 6.07 Å². The molecule has 1 rings (SSSR count). The lowest BCUT2D eigenvalue weighted by Crippen LogP contribution is -2.00. The van der Waals surface area contributed by atoms with Gasteiger partial charge in [0.2, 0.25) is 5.75 Å². The molecular weight excluding hydrogens is 206 g/mol. The van der Waals surface area contributed by atoms with Crippen LogP contribution in [0.2, 0.25) is 0 Å². The summed E-state index contributed by atoms with van der Waals surface area (Å²) < 4.78 is 0. The Morgan fingerprint density at radius 3 is 2.47 bits per heavy atom. The molecule has 7 heteroatoms. The van der Waals surface area contributed by atoms with E-state index in [-0.39, 0.29) is 6.29 Å². The predicted octanol–water partition coefficient (Wildman–Crippen LogP) is 0.811. The number of aromatic hydroxyl groups is 1. The third-order valence-corrected chi connectivity index (χ3v) is 1.69. The van der Waals surface area contributed by atoms with Crippen molar-refractivity contribution in [3.05, 3.63) is 33.4 Å². The predicted molar refractivity (Wildman–Crippen MR) is 47.1 cm³/mol. The van der Waals surface area contributed by atoms with Crippen LogP contribution in [0, 0.1) is 10.1 Å². The van der Waals surface area contributed by atoms with Crippen molar-refractivity contribution in [3.63, 3.8) is 0 Å². The Hall–Kier alpha value is -2.44. The van der Waals surface area contributed by atoms with Crippen molar-refractivity contribution in [3.8, 4) is 5.75 Å². The third kappa shape index (κ3) is 1.90. The molecular formula is C8H5NO6. The number of nitrogens with zero attached hydrogens (tertiary/aromatic N) is 1. The normalized spacial score (nSPS) is 9.60. The van der Waals surface area contributed by atoms with Gasteiger partial charge in [0.15, 0.2) is 6.29 Å². The number of carbonyl (C=O) groups excluding carboxylic acids is 1. The molecule has 0 aliphatic rings. The SMILES string of the molecule is O=Cc1cc(C(=O)O)cc([N+](=O)[O-])c1O. The number of nitro benzene ring substituents is 1. The van der Waals surface area contributed by atoms with Crippen LogP contribution >= 0.6 is 0 Å². The van der Waals surface area contributed by atoms with Crippen LogP contribution in [0.25, 0.3) is 0 Å². The van der Waals surface area contributed by atoms with Gasteiger partial charge in [0.25, 0.3) is 0 Å². The molecule has 0 radical (unpaired) electrons. The first-order valence-corrected chi connectivity index (χ1v) is 3.67. The number of rotatable bonds is 3. The first-order chi connectivity index (χ1) is 6.97. The molecule has 1 aromatic carbocycles. The van der Waals surface area contributed by atoms with Crippen LogP contribution in [-0.4, -0.2) is 27.4 Å². The van der Waals surface area contributed by atoms with E-state index in [4.69, 9.17) is 5.11 Å². The lowest BCUT2D eigenvalue weighted by Gasteiger charge is -2.00. The van der Waals surface area contributed by atoms with Crippen molar-refractivity contribution in [2.75, 3.05) is 0 Å². The quantitative estimate of drug-likeness (QED) is 0.434. The van der Waals surface area contributed by atoms with Gasteiger partial charge in [-0.15, -0.1) is 0 Å². The molecule has 7 nitrogen and oxygen atoms in total. The highest BCUT2D eigenvalue weighted by Crippen LogP contribution is 2.30. The topological polar surface area (TPSA) is 118 Å². The van der Waals surface area contributed by atoms with Gasteiger partial charge in [-0.25, -0.2) is 4.79 Å². The highest BCUT2D eigenvalue weighted by Gasteiger charge is 2.20. The molecule has 0 bridgehead atoms. The number of phenols is 1. The van der Waals surface area contributed by atoms with Crippen LogP contribution in [0.3, 0.4) is 0 Å². The second-order valence-electron chi connectivity index (χ2n) is 2.61. The Morgan fingerprint density at radius 2 is 2.07 bits per heavy atom. The number of benzene rings is 1. The molecule has 0 saturated carbocycles. The van der Waals surface area contributed by atoms with Crippen molar-refractivity contribution in [1.82, 2.24) is 0 Å². The molecule has 0 saturated heterocycles. The number of carboxylic acid groups (broad SMARTS) is 1. The first-order valence-electron chi connectivity index (χ1n) is 3.67. The molecule has 2 N–H and O–H groups in total. The highest BCUT2D eigenvalue weighted by molar-refractivity contribution is 5.93. The Morgan fingerprint density at radius 1 is 1.47 bits per heavy atom. The maximum atomic E-state index is 10.5. The van der Waals surface area contributed by atoms with E-state index in [2.05, 4.69) is 0 Å². The maximum absolute atomic E-state index is 10.5. The van der Waals surface area contributed by atoms with Gasteiger partial charge in [-0.1, -0.05) is 0 Å². The molecule has 0 heterocycles. The lowest BCUT2D eigenvalue weighted by molar-refractivity contribution is -0.385. The van der Waals surface area contributed by atoms with E-state index in [1.165, 1.54) is 0 Å². The van der Waals surface area contributed by atoms with Crippen molar-refractivity contribution in [1.29, 1.82) is 0 Å². The monoisotopic (exact) mass is 211 g/mol. The van der Waals surface area contributed by atoms with Gasteiger partial charge in [-0.2, -0.15) is 0 Å². The van der Waals surface area contributed by atoms with Gasteiger partial charge in [-0.3, -0.25) is 14.9 Å². The van der Waals surface area contributed by atoms with E-state index in [1.807, 2.05) is 0 Å². The van der Waals surface area contributed by atoms with Gasteiger partial charge in [0.05, 0.1) is 16.1 Å². The van der Waals surface area contributed by atoms with Crippen LogP contribution in [0.1, 0.15) is 20.7 Å². The van der Waals surface area contributed by atoms with Crippen LogP contribution in [-0.2, 0) is 0 Å². The minimum Gasteiger partial charge on any atom is -0.502 e. The van der Waals surface area contributed by atoms with Crippen LogP contribution in [0.15, 0.2) is 12.1 Å². The van der Waals surface area contributed by atoms with E-state index < -0.39 is 33.5 Å². The summed E-state index contributed by atoms with van der Waals surface area (Å²) in [6.45, 7) is 0. The van der Waals surface area contributed by atoms with Gasteiger partial charge in [-0.05, 0) is 6.07 Å². The second-order valence-corrected chi connectivity index (χ2v) is 2.61. The van der Waals surface area contributed by atoms with E-state index in [1.54, 1.807) is 0 Å². The summed E-state index contributed by atoms with van der Waals surface area (Å²) in [5, 5.41) is 28.2. The largest absolute Gasteiger partial charge is 0.502 e. The Labute approximate surface area is 82.7 Å². The molecule has 0 aliphatic heterocycles. The molecule has 0 fully saturated rings. The summed E-state index contributed by atoms with van der Waals surface area (Å²) in [7, 11) is 0. The molecule has 15 heavy (non-hydrogen) atoms. The van der Waals surface area contributed by atoms with Crippen LogP contribution < -0.4 is 0 Å². The number of carbonyl (C=O) groups is 2. The number of hydrogen-bond donors (Lipinski definition) is 2. The summed E-state index contributed by atoms with van der Waals surface area (Å²) in [6, 6.07) is 1.54. The number of aldehydes is 1. The number of nitro groups is 1. The molecule has 78 valence electrons. The second kappa shape index (κ2) is 3.74. The standard InChI is InChI=1S/C8H5NO6/c10-3-5-1-4(8(12)13)2-6(7(5)11)9(14)15/h1-3,11H,(H,12,13). The molecule has 0 aliphatic carbocycles. The summed E-state index contributed by atoms with van der Waals surface area (Å²) in [6.07, 6.45) is 0.148. The van der Waals surface area contributed by atoms with Crippen molar-refractivity contribution >= 4 is 17.9 Å². The van der Waals surface area contributed by atoms with E-state index in [9.17, 15) is 24.8 Å². The van der Waals surface area contributed by atoms with Crippen molar-refractivity contribution in [2.45, 2.75) is 0 Å². The average molecular weight is 211 g/mol. The lowest BCUT2D eigenvalue weighted by atomic mass is 10.1. The Bertz CT molecular complexity index is 453. The number of carboxylic acids is 1. The number of hydrogen-bond acceptors (Lipinski definition) is 5. The van der Waals surface area contributed by atoms with Crippen molar-refractivity contribution in [2.24, 2.45) is 0 Å². The third-order valence-electron chi connectivity index (χ3n) is 1.69. The molecule has 1 aromatic rings. The minimum atomic E-state index is -1.42. The Kier molecular flexibility index (Phi) is 2.65. The zero-order valence-electron chi connectivity index (χ0n) is 7.21. The van der Waals surface area contributed by atoms with E-state index >= 15 is 0 Å². The van der Waals surface area contributed by atoms with Gasteiger partial charge >= 0.3 is 11.7 Å². The zero-order valence-corrected chi connectivity index (χ0v) is 7.21. The van der Waals surface area contributed by atoms with Gasteiger partial charge in [0.1, 0.15) is 0 Å². The average Bonchev–Trinajstić information content (AvgIpc) is 2.17. The summed E-state index contributed by atoms with van der Waals surface area (Å²) >= 11 is 0. The smallest absolute Gasteiger partial charge is 0.335 e. The van der Waals surface area contributed by atoms with Gasteiger partial charge in [0, 0.05) is 6.07 Å². The molecule has 0 atom stereocenters.